The first-order valence-electron chi connectivity index (χ1n) is 7.52. The predicted molar refractivity (Wildman–Crippen MR) is 89.3 cm³/mol. The highest BCUT2D eigenvalue weighted by molar-refractivity contribution is 5.94. The van der Waals surface area contributed by atoms with Gasteiger partial charge in [0.1, 0.15) is 5.69 Å². The summed E-state index contributed by atoms with van der Waals surface area (Å²) in [6.45, 7) is 6.94. The molecule has 2 heterocycles. The zero-order chi connectivity index (χ0) is 15.5. The monoisotopic (exact) mass is 296 g/mol. The maximum atomic E-state index is 5.58. The van der Waals surface area contributed by atoms with Gasteiger partial charge in [0.15, 0.2) is 0 Å². The van der Waals surface area contributed by atoms with Crippen LogP contribution in [0.2, 0.25) is 0 Å². The molecule has 22 heavy (non-hydrogen) atoms. The van der Waals surface area contributed by atoms with Gasteiger partial charge in [0.25, 0.3) is 0 Å². The Hall–Kier alpha value is -2.56. The number of fused-ring (bicyclic) bond motifs is 1. The number of benzene rings is 1. The molecule has 0 fully saturated rings. The smallest absolute Gasteiger partial charge is 0.213 e. The summed E-state index contributed by atoms with van der Waals surface area (Å²) in [5, 5.41) is 11.9. The van der Waals surface area contributed by atoms with Crippen molar-refractivity contribution < 1.29 is 4.74 Å². The number of rotatable bonds is 5. The molecule has 3 rings (SSSR count). The van der Waals surface area contributed by atoms with Gasteiger partial charge < -0.3 is 10.1 Å². The van der Waals surface area contributed by atoms with Crippen LogP contribution in [0.4, 0.5) is 5.69 Å². The molecule has 0 aliphatic rings. The summed E-state index contributed by atoms with van der Waals surface area (Å²) in [7, 11) is 0. The molecule has 0 amide bonds. The second-order valence-corrected chi connectivity index (χ2v) is 5.41. The lowest BCUT2D eigenvalue weighted by atomic mass is 10.1. The minimum atomic E-state index is 0.118. The fraction of sp³-hybridized carbons (Fsp3) is 0.294. The van der Waals surface area contributed by atoms with Crippen LogP contribution in [0, 0.1) is 0 Å². The van der Waals surface area contributed by atoms with E-state index < -0.39 is 0 Å². The summed E-state index contributed by atoms with van der Waals surface area (Å²) < 4.78 is 5.58. The average Bonchev–Trinajstić information content (AvgIpc) is 2.91. The Kier molecular flexibility index (Phi) is 3.96. The Balaban J connectivity index is 1.96. The lowest BCUT2D eigenvalue weighted by Crippen LogP contribution is -2.06. The van der Waals surface area contributed by atoms with Gasteiger partial charge in [0, 0.05) is 35.4 Å². The number of anilines is 1. The summed E-state index contributed by atoms with van der Waals surface area (Å²) in [6, 6.07) is 10.1. The molecule has 1 aromatic carbocycles. The number of aromatic amines is 1. The van der Waals surface area contributed by atoms with E-state index in [1.54, 1.807) is 6.20 Å². The molecule has 0 saturated heterocycles. The molecule has 2 N–H and O–H groups in total. The van der Waals surface area contributed by atoms with E-state index >= 15 is 0 Å². The van der Waals surface area contributed by atoms with E-state index in [0.717, 1.165) is 34.4 Å². The first-order valence-corrected chi connectivity index (χ1v) is 7.52. The van der Waals surface area contributed by atoms with Crippen LogP contribution in [0.5, 0.6) is 5.88 Å². The van der Waals surface area contributed by atoms with E-state index in [2.05, 4.69) is 33.5 Å². The fourth-order valence-corrected chi connectivity index (χ4v) is 2.38. The largest absolute Gasteiger partial charge is 0.475 e. The third-order valence-electron chi connectivity index (χ3n) is 3.31. The Morgan fingerprint density at radius 3 is 2.77 bits per heavy atom. The van der Waals surface area contributed by atoms with Crippen molar-refractivity contribution in [2.45, 2.75) is 26.9 Å². The molecule has 0 radical (unpaired) electrons. The molecular formula is C17H20N4O. The molecule has 0 aliphatic carbocycles. The number of hydrogen-bond acceptors (Lipinski definition) is 4. The van der Waals surface area contributed by atoms with E-state index in [9.17, 15) is 0 Å². The lowest BCUT2D eigenvalue weighted by Gasteiger charge is -2.08. The van der Waals surface area contributed by atoms with Crippen molar-refractivity contribution in [3.05, 3.63) is 36.5 Å². The average molecular weight is 296 g/mol. The van der Waals surface area contributed by atoms with Crippen LogP contribution in [0.25, 0.3) is 22.2 Å². The molecule has 0 aliphatic heterocycles. The molecule has 0 saturated carbocycles. The van der Waals surface area contributed by atoms with Crippen molar-refractivity contribution in [3.8, 4) is 17.1 Å². The van der Waals surface area contributed by atoms with E-state index in [-0.39, 0.29) is 6.10 Å². The van der Waals surface area contributed by atoms with Crippen LogP contribution in [-0.2, 0) is 0 Å². The highest BCUT2D eigenvalue weighted by atomic mass is 16.5. The minimum absolute atomic E-state index is 0.118. The number of pyridine rings is 1. The molecule has 3 aromatic rings. The van der Waals surface area contributed by atoms with Crippen molar-refractivity contribution in [1.29, 1.82) is 0 Å². The number of ether oxygens (including phenoxy) is 1. The van der Waals surface area contributed by atoms with Gasteiger partial charge in [-0.15, -0.1) is 0 Å². The molecule has 0 unspecified atom stereocenters. The SMILES string of the molecule is CCNc1ccc2[nH]nc(-c3ccc(OC(C)C)nc3)c2c1. The normalized spacial score (nSPS) is 11.1. The Bertz CT molecular complexity index is 762. The molecule has 5 nitrogen and oxygen atoms in total. The van der Waals surface area contributed by atoms with E-state index in [4.69, 9.17) is 4.74 Å². The summed E-state index contributed by atoms with van der Waals surface area (Å²) in [4.78, 5) is 4.35. The predicted octanol–water partition coefficient (Wildman–Crippen LogP) is 3.84. The molecule has 114 valence electrons. The van der Waals surface area contributed by atoms with E-state index in [0.29, 0.717) is 5.88 Å². The first-order chi connectivity index (χ1) is 10.7. The fourth-order valence-electron chi connectivity index (χ4n) is 2.38. The van der Waals surface area contributed by atoms with Crippen molar-refractivity contribution >= 4 is 16.6 Å². The van der Waals surface area contributed by atoms with Crippen molar-refractivity contribution in [1.82, 2.24) is 15.2 Å². The maximum absolute atomic E-state index is 5.58. The van der Waals surface area contributed by atoms with Crippen molar-refractivity contribution in [3.63, 3.8) is 0 Å². The summed E-state index contributed by atoms with van der Waals surface area (Å²) in [5.74, 6) is 0.631. The Morgan fingerprint density at radius 1 is 1.23 bits per heavy atom. The molecule has 0 bridgehead atoms. The zero-order valence-corrected chi connectivity index (χ0v) is 13.1. The topological polar surface area (TPSA) is 62.8 Å². The van der Waals surface area contributed by atoms with Crippen LogP contribution in [-0.4, -0.2) is 27.8 Å². The quantitative estimate of drug-likeness (QED) is 0.751. The summed E-state index contributed by atoms with van der Waals surface area (Å²) in [6.07, 6.45) is 1.92. The molecule has 0 atom stereocenters. The standard InChI is InChI=1S/C17H20N4O/c1-4-18-13-6-7-15-14(9-13)17(21-20-15)12-5-8-16(19-10-12)22-11(2)3/h5-11,18H,4H2,1-3H3,(H,20,21). The second-order valence-electron chi connectivity index (χ2n) is 5.41. The van der Waals surface area contributed by atoms with Gasteiger partial charge in [0.05, 0.1) is 11.6 Å². The van der Waals surface area contributed by atoms with Gasteiger partial charge in [-0.1, -0.05) is 0 Å². The van der Waals surface area contributed by atoms with Crippen LogP contribution in [0.3, 0.4) is 0 Å². The van der Waals surface area contributed by atoms with Crippen LogP contribution in [0.15, 0.2) is 36.5 Å². The van der Waals surface area contributed by atoms with E-state index in [1.807, 2.05) is 38.1 Å². The van der Waals surface area contributed by atoms with Gasteiger partial charge in [0.2, 0.25) is 5.88 Å². The van der Waals surface area contributed by atoms with Crippen LogP contribution >= 0.6 is 0 Å². The summed E-state index contributed by atoms with van der Waals surface area (Å²) >= 11 is 0. The molecule has 0 spiro atoms. The number of aromatic nitrogens is 3. The molecule has 2 aromatic heterocycles. The second kappa shape index (κ2) is 6.05. The van der Waals surface area contributed by atoms with Gasteiger partial charge >= 0.3 is 0 Å². The molecule has 5 heteroatoms. The zero-order valence-electron chi connectivity index (χ0n) is 13.1. The molecular weight excluding hydrogens is 276 g/mol. The number of hydrogen-bond donors (Lipinski definition) is 2. The summed E-state index contributed by atoms with van der Waals surface area (Å²) in [5.41, 5.74) is 3.97. The maximum Gasteiger partial charge on any atom is 0.213 e. The minimum Gasteiger partial charge on any atom is -0.475 e. The first kappa shape index (κ1) is 14.4. The van der Waals surface area contributed by atoms with Gasteiger partial charge in [-0.3, -0.25) is 5.10 Å². The van der Waals surface area contributed by atoms with E-state index in [1.165, 1.54) is 0 Å². The van der Waals surface area contributed by atoms with Crippen LogP contribution in [0.1, 0.15) is 20.8 Å². The van der Waals surface area contributed by atoms with Gasteiger partial charge in [-0.05, 0) is 45.0 Å². The van der Waals surface area contributed by atoms with Crippen molar-refractivity contribution in [2.24, 2.45) is 0 Å². The third kappa shape index (κ3) is 2.88. The highest BCUT2D eigenvalue weighted by Crippen LogP contribution is 2.28. The van der Waals surface area contributed by atoms with Gasteiger partial charge in [-0.25, -0.2) is 4.98 Å². The lowest BCUT2D eigenvalue weighted by molar-refractivity contribution is 0.232. The Labute approximate surface area is 129 Å². The number of nitrogens with one attached hydrogen (secondary N) is 2. The number of nitrogens with zero attached hydrogens (tertiary/aromatic N) is 2. The third-order valence-corrected chi connectivity index (χ3v) is 3.31. The van der Waals surface area contributed by atoms with Crippen LogP contribution < -0.4 is 10.1 Å². The van der Waals surface area contributed by atoms with Crippen molar-refractivity contribution in [2.75, 3.05) is 11.9 Å². The van der Waals surface area contributed by atoms with Gasteiger partial charge in [-0.2, -0.15) is 5.10 Å². The Morgan fingerprint density at radius 2 is 2.09 bits per heavy atom. The highest BCUT2D eigenvalue weighted by Gasteiger charge is 2.10. The number of H-pyrrole nitrogens is 1.